The molecule has 3 aromatic carbocycles. The molecule has 0 bridgehead atoms. The van der Waals surface area contributed by atoms with E-state index >= 15 is 0 Å². The van der Waals surface area contributed by atoms with Crippen LogP contribution in [0.4, 0.5) is 13.2 Å². The molecule has 2 unspecified atom stereocenters. The van der Waals surface area contributed by atoms with E-state index in [1.54, 1.807) is 36.4 Å². The molecule has 0 aromatic heterocycles. The molecule has 212 valence electrons. The Hall–Kier alpha value is -3.47. The molecule has 3 aromatic rings. The summed E-state index contributed by atoms with van der Waals surface area (Å²) in [4.78, 5) is 12.7. The largest absolute Gasteiger partial charge is 0.416 e. The van der Waals surface area contributed by atoms with Crippen LogP contribution < -0.4 is 15.4 Å². The monoisotopic (exact) mass is 571 g/mol. The first-order valence-electron chi connectivity index (χ1n) is 13.0. The molecular weight excluding hydrogens is 539 g/mol. The van der Waals surface area contributed by atoms with Crippen LogP contribution in [0.5, 0.6) is 0 Å². The standard InChI is InChI=1S/C30H32F3N3O3S/c1-2-16-34-20-21-14-15-26-23(17-21)10-6-13-27(26)35-29(37)19-28(22-8-4-3-5-9-22)36-40(38,39)25-12-7-11-24(18-25)30(31,32)33/h2-5,7-9,11-12,14-15,17-18,27-28,34,36H,1,6,10,13,16,19-20H2,(H,35,37). The van der Waals surface area contributed by atoms with Gasteiger partial charge in [0.1, 0.15) is 0 Å². The zero-order valence-corrected chi connectivity index (χ0v) is 22.7. The molecular formula is C30H32F3N3O3S. The average molecular weight is 572 g/mol. The van der Waals surface area contributed by atoms with E-state index < -0.39 is 32.7 Å². The van der Waals surface area contributed by atoms with Gasteiger partial charge >= 0.3 is 6.18 Å². The Kier molecular flexibility index (Phi) is 9.44. The highest BCUT2D eigenvalue weighted by atomic mass is 32.2. The van der Waals surface area contributed by atoms with Crippen molar-refractivity contribution in [1.29, 1.82) is 0 Å². The number of benzene rings is 3. The summed E-state index contributed by atoms with van der Waals surface area (Å²) in [5.74, 6) is -0.366. The number of hydrogen-bond acceptors (Lipinski definition) is 4. The van der Waals surface area contributed by atoms with Crippen molar-refractivity contribution in [1.82, 2.24) is 15.4 Å². The van der Waals surface area contributed by atoms with Crippen LogP contribution in [0.15, 0.2) is 90.3 Å². The summed E-state index contributed by atoms with van der Waals surface area (Å²) in [6.45, 7) is 5.12. The molecule has 1 amide bonds. The minimum Gasteiger partial charge on any atom is -0.349 e. The second-order valence-corrected chi connectivity index (χ2v) is 11.5. The molecule has 1 aliphatic rings. The SMILES string of the molecule is C=CCNCc1ccc2c(c1)CCCC2NC(=O)CC(NS(=O)(=O)c1cccc(C(F)(F)F)c1)c1ccccc1. The van der Waals surface area contributed by atoms with E-state index in [4.69, 9.17) is 0 Å². The van der Waals surface area contributed by atoms with Crippen LogP contribution >= 0.6 is 0 Å². The molecule has 3 N–H and O–H groups in total. The quantitative estimate of drug-likeness (QED) is 0.207. The molecule has 40 heavy (non-hydrogen) atoms. The van der Waals surface area contributed by atoms with Crippen molar-refractivity contribution in [3.63, 3.8) is 0 Å². The molecule has 10 heteroatoms. The highest BCUT2D eigenvalue weighted by molar-refractivity contribution is 7.89. The van der Waals surface area contributed by atoms with Crippen molar-refractivity contribution < 1.29 is 26.4 Å². The minimum atomic E-state index is -4.69. The third-order valence-corrected chi connectivity index (χ3v) is 8.30. The minimum absolute atomic E-state index is 0.220. The van der Waals surface area contributed by atoms with Gasteiger partial charge in [-0.05, 0) is 59.7 Å². The number of aryl methyl sites for hydroxylation is 1. The van der Waals surface area contributed by atoms with Crippen molar-refractivity contribution in [3.8, 4) is 0 Å². The second kappa shape index (κ2) is 12.8. The van der Waals surface area contributed by atoms with Gasteiger partial charge in [-0.3, -0.25) is 4.79 Å². The number of carbonyl (C=O) groups is 1. The molecule has 0 heterocycles. The Morgan fingerprint density at radius 2 is 1.82 bits per heavy atom. The van der Waals surface area contributed by atoms with E-state index in [-0.39, 0.29) is 18.4 Å². The summed E-state index contributed by atoms with van der Waals surface area (Å²) in [7, 11) is -4.37. The first-order valence-corrected chi connectivity index (χ1v) is 14.5. The zero-order valence-electron chi connectivity index (χ0n) is 21.9. The van der Waals surface area contributed by atoms with Gasteiger partial charge < -0.3 is 10.6 Å². The van der Waals surface area contributed by atoms with Gasteiger partial charge in [-0.2, -0.15) is 13.2 Å². The van der Waals surface area contributed by atoms with Crippen LogP contribution in [0.1, 0.15) is 59.2 Å². The lowest BCUT2D eigenvalue weighted by Gasteiger charge is -2.28. The number of sulfonamides is 1. The summed E-state index contributed by atoms with van der Waals surface area (Å²) < 4.78 is 68.3. The lowest BCUT2D eigenvalue weighted by atomic mass is 9.86. The van der Waals surface area contributed by atoms with E-state index in [0.717, 1.165) is 48.6 Å². The van der Waals surface area contributed by atoms with Crippen LogP contribution in [0.3, 0.4) is 0 Å². The van der Waals surface area contributed by atoms with Gasteiger partial charge in [0.25, 0.3) is 0 Å². The lowest BCUT2D eigenvalue weighted by Crippen LogP contribution is -2.36. The third kappa shape index (κ3) is 7.59. The maximum absolute atomic E-state index is 13.2. The van der Waals surface area contributed by atoms with E-state index in [1.807, 2.05) is 12.1 Å². The van der Waals surface area contributed by atoms with Crippen molar-refractivity contribution in [2.75, 3.05) is 6.54 Å². The molecule has 0 saturated carbocycles. The maximum atomic E-state index is 13.2. The number of nitrogens with one attached hydrogen (secondary N) is 3. The highest BCUT2D eigenvalue weighted by Gasteiger charge is 2.32. The number of carbonyl (C=O) groups excluding carboxylic acids is 1. The number of amides is 1. The number of halogens is 3. The van der Waals surface area contributed by atoms with Crippen molar-refractivity contribution in [3.05, 3.63) is 113 Å². The smallest absolute Gasteiger partial charge is 0.349 e. The summed E-state index contributed by atoms with van der Waals surface area (Å²) in [5.41, 5.74) is 2.79. The van der Waals surface area contributed by atoms with Gasteiger partial charge in [0, 0.05) is 19.5 Å². The number of hydrogen-bond donors (Lipinski definition) is 3. The molecule has 0 saturated heterocycles. The summed E-state index contributed by atoms with van der Waals surface area (Å²) >= 11 is 0. The highest BCUT2D eigenvalue weighted by Crippen LogP contribution is 2.32. The van der Waals surface area contributed by atoms with Crippen LogP contribution in [0.25, 0.3) is 0 Å². The average Bonchev–Trinajstić information content (AvgIpc) is 2.93. The van der Waals surface area contributed by atoms with E-state index in [2.05, 4.69) is 28.0 Å². The molecule has 4 rings (SSSR count). The van der Waals surface area contributed by atoms with Gasteiger partial charge in [0.15, 0.2) is 0 Å². The van der Waals surface area contributed by atoms with Crippen LogP contribution in [-0.4, -0.2) is 20.9 Å². The van der Waals surface area contributed by atoms with Crippen LogP contribution in [0, 0.1) is 0 Å². The maximum Gasteiger partial charge on any atom is 0.416 e. The predicted octanol–water partition coefficient (Wildman–Crippen LogP) is 5.58. The molecule has 0 aliphatic heterocycles. The van der Waals surface area contributed by atoms with E-state index in [9.17, 15) is 26.4 Å². The van der Waals surface area contributed by atoms with Crippen LogP contribution in [-0.2, 0) is 34.0 Å². The summed E-state index contributed by atoms with van der Waals surface area (Å²) in [5, 5.41) is 6.33. The number of fused-ring (bicyclic) bond motifs is 1. The van der Waals surface area contributed by atoms with Crippen molar-refractivity contribution in [2.45, 2.75) is 55.4 Å². The molecule has 2 atom stereocenters. The molecule has 0 fully saturated rings. The Bertz CT molecular complexity index is 1440. The molecule has 1 aliphatic carbocycles. The van der Waals surface area contributed by atoms with Crippen molar-refractivity contribution in [2.24, 2.45) is 0 Å². The Labute approximate surface area is 232 Å². The summed E-state index contributed by atoms with van der Waals surface area (Å²) in [6.07, 6.45) is -0.571. The van der Waals surface area contributed by atoms with Gasteiger partial charge in [0.2, 0.25) is 15.9 Å². The van der Waals surface area contributed by atoms with E-state index in [0.29, 0.717) is 24.7 Å². The number of rotatable bonds is 11. The topological polar surface area (TPSA) is 87.3 Å². The van der Waals surface area contributed by atoms with Gasteiger partial charge in [0.05, 0.1) is 22.5 Å². The van der Waals surface area contributed by atoms with Crippen molar-refractivity contribution >= 4 is 15.9 Å². The lowest BCUT2D eigenvalue weighted by molar-refractivity contribution is -0.137. The first-order chi connectivity index (χ1) is 19.1. The normalized spacial score (nSPS) is 16.1. The molecule has 0 spiro atoms. The summed E-state index contributed by atoms with van der Waals surface area (Å²) in [6, 6.07) is 17.0. The van der Waals surface area contributed by atoms with Gasteiger partial charge in [-0.1, -0.05) is 60.7 Å². The Morgan fingerprint density at radius 1 is 1.05 bits per heavy atom. The molecule has 6 nitrogen and oxygen atoms in total. The molecule has 0 radical (unpaired) electrons. The van der Waals surface area contributed by atoms with E-state index in [1.165, 1.54) is 5.56 Å². The fourth-order valence-electron chi connectivity index (χ4n) is 4.89. The fraction of sp³-hybridized carbons (Fsp3) is 0.300. The third-order valence-electron chi connectivity index (χ3n) is 6.84. The zero-order chi connectivity index (χ0) is 28.8. The van der Waals surface area contributed by atoms with Gasteiger partial charge in [-0.25, -0.2) is 13.1 Å². The predicted molar refractivity (Wildman–Crippen MR) is 148 cm³/mol. The first kappa shape index (κ1) is 29.5. The number of alkyl halides is 3. The Morgan fingerprint density at radius 3 is 2.55 bits per heavy atom. The Balaban J connectivity index is 1.51. The fourth-order valence-corrected chi connectivity index (χ4v) is 6.16. The van der Waals surface area contributed by atoms with Gasteiger partial charge in [-0.15, -0.1) is 6.58 Å². The van der Waals surface area contributed by atoms with Crippen LogP contribution in [0.2, 0.25) is 0 Å². The second-order valence-electron chi connectivity index (χ2n) is 9.78.